The predicted molar refractivity (Wildman–Crippen MR) is 112 cm³/mol. The van der Waals surface area contributed by atoms with Crippen LogP contribution in [0.15, 0.2) is 59.4 Å². The van der Waals surface area contributed by atoms with Gasteiger partial charge in [0.05, 0.1) is 5.56 Å². The lowest BCUT2D eigenvalue weighted by Crippen LogP contribution is -2.28. The molecule has 2 N–H and O–H groups in total. The summed E-state index contributed by atoms with van der Waals surface area (Å²) in [5, 5.41) is 2.80. The van der Waals surface area contributed by atoms with Crippen molar-refractivity contribution < 1.29 is 14.3 Å². The summed E-state index contributed by atoms with van der Waals surface area (Å²) in [6.07, 6.45) is 0.126. The Labute approximate surface area is 173 Å². The van der Waals surface area contributed by atoms with E-state index in [4.69, 9.17) is 4.74 Å². The van der Waals surface area contributed by atoms with Gasteiger partial charge in [-0.2, -0.15) is 0 Å². The second kappa shape index (κ2) is 7.99. The standard InChI is InChI=1S/C24H22N2O4/c1-14-10-15(2)26-23(28)20(14)13-25-22(27)17-8-9-19-18(11-17)12-21(30-24(19)29)16-6-4-3-5-7-16/h3-11,21H,12-13H2,1-2H3,(H,25,27)(H,26,28). The normalized spacial score (nSPS) is 15.3. The van der Waals surface area contributed by atoms with Crippen molar-refractivity contribution in [2.75, 3.05) is 0 Å². The number of esters is 1. The lowest BCUT2D eigenvalue weighted by atomic mass is 9.93. The largest absolute Gasteiger partial charge is 0.454 e. The smallest absolute Gasteiger partial charge is 0.339 e. The number of aromatic nitrogens is 1. The highest BCUT2D eigenvalue weighted by atomic mass is 16.5. The summed E-state index contributed by atoms with van der Waals surface area (Å²) < 4.78 is 5.56. The minimum atomic E-state index is -0.390. The van der Waals surface area contributed by atoms with E-state index in [-0.39, 0.29) is 30.1 Å². The molecule has 1 aliphatic heterocycles. The summed E-state index contributed by atoms with van der Waals surface area (Å²) in [5.41, 5.74) is 4.54. The molecule has 2 heterocycles. The molecule has 6 nitrogen and oxygen atoms in total. The number of rotatable bonds is 4. The first-order valence-electron chi connectivity index (χ1n) is 9.79. The summed E-state index contributed by atoms with van der Waals surface area (Å²) in [7, 11) is 0. The van der Waals surface area contributed by atoms with Gasteiger partial charge in [-0.3, -0.25) is 9.59 Å². The number of ether oxygens (including phenoxy) is 1. The van der Waals surface area contributed by atoms with Gasteiger partial charge in [0, 0.05) is 29.8 Å². The second-order valence-corrected chi connectivity index (χ2v) is 7.51. The van der Waals surface area contributed by atoms with E-state index in [1.165, 1.54) is 0 Å². The van der Waals surface area contributed by atoms with E-state index < -0.39 is 0 Å². The molecule has 0 saturated carbocycles. The molecule has 1 aromatic heterocycles. The third kappa shape index (κ3) is 3.89. The highest BCUT2D eigenvalue weighted by Crippen LogP contribution is 2.31. The SMILES string of the molecule is Cc1cc(C)c(CNC(=O)c2ccc3c(c2)CC(c2ccccc2)OC3=O)c(=O)[nH]1. The van der Waals surface area contributed by atoms with E-state index in [9.17, 15) is 14.4 Å². The minimum Gasteiger partial charge on any atom is -0.454 e. The van der Waals surface area contributed by atoms with Crippen molar-refractivity contribution in [1.29, 1.82) is 0 Å². The third-order valence-electron chi connectivity index (χ3n) is 5.33. The van der Waals surface area contributed by atoms with Crippen LogP contribution in [0.25, 0.3) is 0 Å². The van der Waals surface area contributed by atoms with Gasteiger partial charge in [0.15, 0.2) is 0 Å². The van der Waals surface area contributed by atoms with Gasteiger partial charge in [0.2, 0.25) is 0 Å². The highest BCUT2D eigenvalue weighted by Gasteiger charge is 2.28. The fourth-order valence-electron chi connectivity index (χ4n) is 3.76. The molecule has 4 rings (SSSR count). The molecule has 152 valence electrons. The van der Waals surface area contributed by atoms with Gasteiger partial charge in [0.25, 0.3) is 11.5 Å². The summed E-state index contributed by atoms with van der Waals surface area (Å²) >= 11 is 0. The van der Waals surface area contributed by atoms with Gasteiger partial charge in [0.1, 0.15) is 6.10 Å². The first kappa shape index (κ1) is 19.6. The maximum absolute atomic E-state index is 12.7. The molecule has 1 aliphatic rings. The Morgan fingerprint density at radius 2 is 1.87 bits per heavy atom. The fraction of sp³-hybridized carbons (Fsp3) is 0.208. The number of benzene rings is 2. The molecule has 0 spiro atoms. The number of hydrogen-bond donors (Lipinski definition) is 2. The van der Waals surface area contributed by atoms with E-state index in [0.29, 0.717) is 23.1 Å². The molecule has 2 aromatic carbocycles. The summed E-state index contributed by atoms with van der Waals surface area (Å²) in [6, 6.07) is 16.4. The Balaban J connectivity index is 1.53. The average Bonchev–Trinajstić information content (AvgIpc) is 2.73. The second-order valence-electron chi connectivity index (χ2n) is 7.51. The van der Waals surface area contributed by atoms with Crippen LogP contribution in [0.5, 0.6) is 0 Å². The molecule has 1 atom stereocenters. The highest BCUT2D eigenvalue weighted by molar-refractivity contribution is 5.97. The molecule has 1 amide bonds. The maximum atomic E-state index is 12.7. The Morgan fingerprint density at radius 3 is 2.60 bits per heavy atom. The molecule has 0 fully saturated rings. The van der Waals surface area contributed by atoms with E-state index in [2.05, 4.69) is 10.3 Å². The van der Waals surface area contributed by atoms with Crippen molar-refractivity contribution in [3.8, 4) is 0 Å². The molecule has 0 aliphatic carbocycles. The first-order valence-corrected chi connectivity index (χ1v) is 9.79. The van der Waals surface area contributed by atoms with Crippen LogP contribution in [0.4, 0.5) is 0 Å². The van der Waals surface area contributed by atoms with Gasteiger partial charge in [-0.1, -0.05) is 30.3 Å². The first-order chi connectivity index (χ1) is 14.4. The number of hydrogen-bond acceptors (Lipinski definition) is 4. The number of amides is 1. The molecule has 0 bridgehead atoms. The van der Waals surface area contributed by atoms with E-state index in [0.717, 1.165) is 22.4 Å². The third-order valence-corrected chi connectivity index (χ3v) is 5.33. The lowest BCUT2D eigenvalue weighted by Gasteiger charge is -2.25. The summed E-state index contributed by atoms with van der Waals surface area (Å²) in [6.45, 7) is 3.79. The number of aromatic amines is 1. The van der Waals surface area contributed by atoms with Crippen LogP contribution in [0.1, 0.15) is 54.8 Å². The van der Waals surface area contributed by atoms with Crippen molar-refractivity contribution in [1.82, 2.24) is 10.3 Å². The number of pyridine rings is 1. The van der Waals surface area contributed by atoms with Crippen LogP contribution < -0.4 is 10.9 Å². The number of carbonyl (C=O) groups is 2. The topological polar surface area (TPSA) is 88.3 Å². The van der Waals surface area contributed by atoms with Crippen LogP contribution in [-0.2, 0) is 17.7 Å². The minimum absolute atomic E-state index is 0.131. The number of H-pyrrole nitrogens is 1. The zero-order chi connectivity index (χ0) is 21.3. The Kier molecular flexibility index (Phi) is 5.23. The summed E-state index contributed by atoms with van der Waals surface area (Å²) in [4.78, 5) is 40.0. The average molecular weight is 402 g/mol. The Hall–Kier alpha value is -3.67. The van der Waals surface area contributed by atoms with Crippen LogP contribution in [0.3, 0.4) is 0 Å². The van der Waals surface area contributed by atoms with Crippen molar-refractivity contribution in [3.63, 3.8) is 0 Å². The number of nitrogens with one attached hydrogen (secondary N) is 2. The molecule has 0 saturated heterocycles. The summed E-state index contributed by atoms with van der Waals surface area (Å²) in [5.74, 6) is -0.689. The maximum Gasteiger partial charge on any atom is 0.339 e. The zero-order valence-electron chi connectivity index (χ0n) is 16.8. The van der Waals surface area contributed by atoms with E-state index in [1.807, 2.05) is 50.2 Å². The molecular weight excluding hydrogens is 380 g/mol. The van der Waals surface area contributed by atoms with Gasteiger partial charge in [-0.15, -0.1) is 0 Å². The van der Waals surface area contributed by atoms with Gasteiger partial charge in [-0.25, -0.2) is 4.79 Å². The monoisotopic (exact) mass is 402 g/mol. The number of cyclic esters (lactones) is 1. The van der Waals surface area contributed by atoms with Gasteiger partial charge in [-0.05, 0) is 54.8 Å². The fourth-order valence-corrected chi connectivity index (χ4v) is 3.76. The van der Waals surface area contributed by atoms with Crippen LogP contribution in [0, 0.1) is 13.8 Å². The van der Waals surface area contributed by atoms with Crippen LogP contribution >= 0.6 is 0 Å². The lowest BCUT2D eigenvalue weighted by molar-refractivity contribution is 0.0252. The van der Waals surface area contributed by atoms with Crippen molar-refractivity contribution in [2.45, 2.75) is 32.9 Å². The number of aryl methyl sites for hydroxylation is 2. The molecular formula is C24H22N2O4. The molecule has 3 aromatic rings. The van der Waals surface area contributed by atoms with Gasteiger partial charge >= 0.3 is 5.97 Å². The van der Waals surface area contributed by atoms with Crippen molar-refractivity contribution in [2.24, 2.45) is 0 Å². The number of fused-ring (bicyclic) bond motifs is 1. The number of carbonyl (C=O) groups excluding carboxylic acids is 2. The van der Waals surface area contributed by atoms with Crippen LogP contribution in [0.2, 0.25) is 0 Å². The van der Waals surface area contributed by atoms with Gasteiger partial charge < -0.3 is 15.0 Å². The predicted octanol–water partition coefficient (Wildman–Crippen LogP) is 3.38. The van der Waals surface area contributed by atoms with Crippen molar-refractivity contribution >= 4 is 11.9 Å². The Morgan fingerprint density at radius 1 is 1.10 bits per heavy atom. The molecule has 30 heavy (non-hydrogen) atoms. The van der Waals surface area contributed by atoms with Crippen molar-refractivity contribution in [3.05, 3.63) is 104 Å². The van der Waals surface area contributed by atoms with E-state index >= 15 is 0 Å². The Bertz CT molecular complexity index is 1180. The molecule has 6 heteroatoms. The quantitative estimate of drug-likeness (QED) is 0.655. The van der Waals surface area contributed by atoms with Crippen LogP contribution in [-0.4, -0.2) is 16.9 Å². The zero-order valence-corrected chi connectivity index (χ0v) is 16.8. The molecule has 1 unspecified atom stereocenters. The molecule has 0 radical (unpaired) electrons. The van der Waals surface area contributed by atoms with E-state index in [1.54, 1.807) is 18.2 Å².